The van der Waals surface area contributed by atoms with Crippen LogP contribution in [0.25, 0.3) is 0 Å². The van der Waals surface area contributed by atoms with Crippen LogP contribution in [0.15, 0.2) is 29.2 Å². The number of hydrogen-bond donors (Lipinski definition) is 2. The van der Waals surface area contributed by atoms with Crippen molar-refractivity contribution in [2.24, 2.45) is 0 Å². The molecule has 2 fully saturated rings. The van der Waals surface area contributed by atoms with E-state index in [-0.39, 0.29) is 23.5 Å². The third kappa shape index (κ3) is 6.44. The van der Waals surface area contributed by atoms with E-state index in [1.54, 1.807) is 12.1 Å². The summed E-state index contributed by atoms with van der Waals surface area (Å²) >= 11 is 0. The molecule has 1 aromatic carbocycles. The third-order valence-electron chi connectivity index (χ3n) is 5.03. The van der Waals surface area contributed by atoms with Crippen molar-refractivity contribution in [1.29, 1.82) is 0 Å². The Morgan fingerprint density at radius 2 is 1.82 bits per heavy atom. The first-order chi connectivity index (χ1) is 13.5. The molecular weight excluding hydrogens is 382 g/mol. The lowest BCUT2D eigenvalue weighted by Gasteiger charge is -2.26. The first-order valence-corrected chi connectivity index (χ1v) is 11.3. The molecule has 2 N–H and O–H groups in total. The van der Waals surface area contributed by atoms with Crippen LogP contribution in [-0.2, 0) is 19.6 Å². The molecule has 1 aromatic rings. The summed E-state index contributed by atoms with van der Waals surface area (Å²) in [7, 11) is -3.51. The Morgan fingerprint density at radius 3 is 2.50 bits per heavy atom. The number of ether oxygens (including phenoxy) is 2. The molecule has 0 aromatic heterocycles. The summed E-state index contributed by atoms with van der Waals surface area (Å²) in [5, 5.41) is 2.82. The van der Waals surface area contributed by atoms with Gasteiger partial charge in [-0.15, -0.1) is 0 Å². The van der Waals surface area contributed by atoms with E-state index >= 15 is 0 Å². The van der Waals surface area contributed by atoms with Crippen molar-refractivity contribution in [1.82, 2.24) is 14.9 Å². The number of hydrogen-bond acceptors (Lipinski definition) is 6. The molecule has 0 atom stereocenters. The van der Waals surface area contributed by atoms with Crippen LogP contribution in [-0.4, -0.2) is 71.3 Å². The minimum absolute atomic E-state index is 0.0297. The Kier molecular flexibility index (Phi) is 7.66. The zero-order valence-corrected chi connectivity index (χ0v) is 16.9. The molecular formula is C19H29N3O5S. The fraction of sp³-hybridized carbons (Fsp3) is 0.632. The largest absolute Gasteiger partial charge is 0.484 e. The predicted octanol–water partition coefficient (Wildman–Crippen LogP) is 0.735. The number of nitrogens with zero attached hydrogens (tertiary/aromatic N) is 1. The maximum absolute atomic E-state index is 12.4. The van der Waals surface area contributed by atoms with Crippen LogP contribution in [0.5, 0.6) is 5.75 Å². The topological polar surface area (TPSA) is 97.0 Å². The second-order valence-electron chi connectivity index (χ2n) is 7.17. The monoisotopic (exact) mass is 411 g/mol. The highest BCUT2D eigenvalue weighted by molar-refractivity contribution is 7.89. The molecule has 0 radical (unpaired) electrons. The lowest BCUT2D eigenvalue weighted by Crippen LogP contribution is -2.42. The molecule has 3 rings (SSSR count). The summed E-state index contributed by atoms with van der Waals surface area (Å²) < 4.78 is 38.3. The fourth-order valence-electron chi connectivity index (χ4n) is 3.42. The van der Waals surface area contributed by atoms with E-state index < -0.39 is 10.0 Å². The molecule has 1 saturated carbocycles. The van der Waals surface area contributed by atoms with E-state index in [0.717, 1.165) is 58.5 Å². The van der Waals surface area contributed by atoms with E-state index in [0.29, 0.717) is 12.3 Å². The SMILES string of the molecule is O=C(COc1ccc(S(=O)(=O)NC2CCCC2)cc1)NCCN1CCOCC1. The van der Waals surface area contributed by atoms with E-state index in [1.165, 1.54) is 12.1 Å². The Hall–Kier alpha value is -1.68. The minimum atomic E-state index is -3.51. The molecule has 1 amide bonds. The van der Waals surface area contributed by atoms with Gasteiger partial charge in [0.2, 0.25) is 10.0 Å². The molecule has 8 nitrogen and oxygen atoms in total. The number of rotatable bonds is 9. The van der Waals surface area contributed by atoms with Crippen LogP contribution in [0.1, 0.15) is 25.7 Å². The molecule has 2 aliphatic rings. The molecule has 1 aliphatic carbocycles. The second kappa shape index (κ2) is 10.2. The van der Waals surface area contributed by atoms with Crippen LogP contribution >= 0.6 is 0 Å². The maximum atomic E-state index is 12.4. The average Bonchev–Trinajstić information content (AvgIpc) is 3.20. The number of amides is 1. The van der Waals surface area contributed by atoms with Gasteiger partial charge in [-0.2, -0.15) is 0 Å². The van der Waals surface area contributed by atoms with E-state index in [4.69, 9.17) is 9.47 Å². The third-order valence-corrected chi connectivity index (χ3v) is 6.57. The van der Waals surface area contributed by atoms with Crippen molar-refractivity contribution in [2.75, 3.05) is 46.0 Å². The molecule has 1 saturated heterocycles. The highest BCUT2D eigenvalue weighted by atomic mass is 32.2. The van der Waals surface area contributed by atoms with Gasteiger partial charge in [-0.05, 0) is 37.1 Å². The summed E-state index contributed by atoms with van der Waals surface area (Å²) in [6.45, 7) is 4.49. The van der Waals surface area contributed by atoms with Crippen molar-refractivity contribution >= 4 is 15.9 Å². The number of nitrogens with one attached hydrogen (secondary N) is 2. The van der Waals surface area contributed by atoms with Crippen LogP contribution in [0.2, 0.25) is 0 Å². The summed E-state index contributed by atoms with van der Waals surface area (Å²) in [5.41, 5.74) is 0. The standard InChI is InChI=1S/C19H29N3O5S/c23-19(20-9-10-22-11-13-26-14-12-22)15-27-17-5-7-18(8-6-17)28(24,25)21-16-3-1-2-4-16/h5-8,16,21H,1-4,9-15H2,(H,20,23). The predicted molar refractivity (Wildman–Crippen MR) is 105 cm³/mol. The molecule has 0 spiro atoms. The van der Waals surface area contributed by atoms with Gasteiger partial charge >= 0.3 is 0 Å². The lowest BCUT2D eigenvalue weighted by atomic mass is 10.3. The van der Waals surface area contributed by atoms with Crippen LogP contribution in [0, 0.1) is 0 Å². The molecule has 28 heavy (non-hydrogen) atoms. The average molecular weight is 412 g/mol. The summed E-state index contributed by atoms with van der Waals surface area (Å²) in [5.74, 6) is 0.260. The van der Waals surface area contributed by atoms with Crippen molar-refractivity contribution in [3.05, 3.63) is 24.3 Å². The van der Waals surface area contributed by atoms with Crippen molar-refractivity contribution < 1.29 is 22.7 Å². The van der Waals surface area contributed by atoms with Gasteiger partial charge in [0, 0.05) is 32.2 Å². The van der Waals surface area contributed by atoms with E-state index in [2.05, 4.69) is 14.9 Å². The number of carbonyl (C=O) groups excluding carboxylic acids is 1. The van der Waals surface area contributed by atoms with Gasteiger partial charge < -0.3 is 14.8 Å². The lowest BCUT2D eigenvalue weighted by molar-refractivity contribution is -0.123. The van der Waals surface area contributed by atoms with Gasteiger partial charge in [0.15, 0.2) is 6.61 Å². The first kappa shape index (κ1) is 21.0. The Bertz CT molecular complexity index is 726. The maximum Gasteiger partial charge on any atom is 0.257 e. The zero-order chi connectivity index (χ0) is 19.8. The first-order valence-electron chi connectivity index (χ1n) is 9.85. The molecule has 0 bridgehead atoms. The highest BCUT2D eigenvalue weighted by Gasteiger charge is 2.22. The second-order valence-corrected chi connectivity index (χ2v) is 8.88. The molecule has 9 heteroatoms. The fourth-order valence-corrected chi connectivity index (χ4v) is 4.73. The normalized spacial score (nSPS) is 18.9. The van der Waals surface area contributed by atoms with Gasteiger partial charge in [-0.25, -0.2) is 13.1 Å². The zero-order valence-electron chi connectivity index (χ0n) is 16.1. The quantitative estimate of drug-likeness (QED) is 0.622. The van der Waals surface area contributed by atoms with Crippen molar-refractivity contribution in [2.45, 2.75) is 36.6 Å². The minimum Gasteiger partial charge on any atom is -0.484 e. The van der Waals surface area contributed by atoms with Crippen LogP contribution in [0.3, 0.4) is 0 Å². The highest BCUT2D eigenvalue weighted by Crippen LogP contribution is 2.21. The van der Waals surface area contributed by atoms with Gasteiger partial charge in [-0.3, -0.25) is 9.69 Å². The molecule has 1 aliphatic heterocycles. The molecule has 1 heterocycles. The Labute approximate surface area is 166 Å². The van der Waals surface area contributed by atoms with E-state index in [9.17, 15) is 13.2 Å². The number of benzene rings is 1. The number of sulfonamides is 1. The van der Waals surface area contributed by atoms with Crippen molar-refractivity contribution in [3.63, 3.8) is 0 Å². The van der Waals surface area contributed by atoms with Crippen molar-refractivity contribution in [3.8, 4) is 5.75 Å². The summed E-state index contributed by atoms with van der Waals surface area (Å²) in [6.07, 6.45) is 3.91. The summed E-state index contributed by atoms with van der Waals surface area (Å²) in [4.78, 5) is 14.3. The molecule has 156 valence electrons. The summed E-state index contributed by atoms with van der Waals surface area (Å²) in [6, 6.07) is 6.18. The molecule has 0 unspecified atom stereocenters. The van der Waals surface area contributed by atoms with Gasteiger partial charge in [0.1, 0.15) is 5.75 Å². The number of morpholine rings is 1. The Morgan fingerprint density at radius 1 is 1.14 bits per heavy atom. The number of carbonyl (C=O) groups is 1. The Balaban J connectivity index is 1.39. The van der Waals surface area contributed by atoms with Gasteiger partial charge in [0.05, 0.1) is 18.1 Å². The van der Waals surface area contributed by atoms with Gasteiger partial charge in [0.25, 0.3) is 5.91 Å². The van der Waals surface area contributed by atoms with Crippen LogP contribution in [0.4, 0.5) is 0 Å². The smallest absolute Gasteiger partial charge is 0.257 e. The van der Waals surface area contributed by atoms with E-state index in [1.807, 2.05) is 0 Å². The van der Waals surface area contributed by atoms with Crippen LogP contribution < -0.4 is 14.8 Å². The van der Waals surface area contributed by atoms with Gasteiger partial charge in [-0.1, -0.05) is 12.8 Å².